The zero-order chi connectivity index (χ0) is 22.1. The number of carboxylic acids is 1. The van der Waals surface area contributed by atoms with Crippen LogP contribution in [0.1, 0.15) is 70.3 Å². The van der Waals surface area contributed by atoms with Gasteiger partial charge in [0.1, 0.15) is 0 Å². The van der Waals surface area contributed by atoms with Crippen LogP contribution in [0, 0.1) is 11.8 Å². The average Bonchev–Trinajstić information content (AvgIpc) is 3.33. The van der Waals surface area contributed by atoms with Gasteiger partial charge in [-0.3, -0.25) is 4.79 Å². The van der Waals surface area contributed by atoms with Crippen LogP contribution in [0.25, 0.3) is 0 Å². The second-order valence-electron chi connectivity index (χ2n) is 9.20. The lowest BCUT2D eigenvalue weighted by Gasteiger charge is -2.38. The van der Waals surface area contributed by atoms with Crippen LogP contribution in [-0.2, 0) is 14.9 Å². The molecule has 2 aliphatic rings. The summed E-state index contributed by atoms with van der Waals surface area (Å²) < 4.78 is 6.23. The van der Waals surface area contributed by atoms with E-state index in [0.717, 1.165) is 51.6 Å². The maximum atomic E-state index is 10.7. The summed E-state index contributed by atoms with van der Waals surface area (Å²) >= 11 is 0. The summed E-state index contributed by atoms with van der Waals surface area (Å²) in [5.74, 6) is -0.0219. The van der Waals surface area contributed by atoms with Crippen LogP contribution in [-0.4, -0.2) is 35.0 Å². The molecule has 0 spiro atoms. The fraction of sp³-hybridized carbons (Fsp3) is 0.593. The van der Waals surface area contributed by atoms with E-state index in [-0.39, 0.29) is 24.0 Å². The Balaban J connectivity index is 1.71. The van der Waals surface area contributed by atoms with Gasteiger partial charge in [-0.1, -0.05) is 80.8 Å². The zero-order valence-electron chi connectivity index (χ0n) is 18.8. The van der Waals surface area contributed by atoms with Crippen LogP contribution in [0.15, 0.2) is 54.6 Å². The van der Waals surface area contributed by atoms with Gasteiger partial charge in [-0.15, -0.1) is 0 Å². The van der Waals surface area contributed by atoms with Crippen molar-refractivity contribution in [2.45, 2.75) is 82.3 Å². The van der Waals surface area contributed by atoms with Gasteiger partial charge in [-0.25, -0.2) is 0 Å². The van der Waals surface area contributed by atoms with E-state index >= 15 is 0 Å². The molecule has 1 aliphatic carbocycles. The van der Waals surface area contributed by atoms with Gasteiger partial charge >= 0.3 is 5.97 Å². The highest BCUT2D eigenvalue weighted by atomic mass is 16.5. The number of allylic oxidation sites excluding steroid dienone is 2. The van der Waals surface area contributed by atoms with Crippen molar-refractivity contribution in [2.24, 2.45) is 11.8 Å². The second-order valence-corrected chi connectivity index (χ2v) is 9.20. The number of aliphatic carboxylic acids is 1. The molecule has 0 unspecified atom stereocenters. The van der Waals surface area contributed by atoms with Crippen LogP contribution >= 0.6 is 0 Å². The molecule has 1 heterocycles. The normalized spacial score (nSPS) is 28.6. The number of hydrogen-bond donors (Lipinski definition) is 2. The molecule has 1 aromatic carbocycles. The third-order valence-electron chi connectivity index (χ3n) is 7.05. The van der Waals surface area contributed by atoms with E-state index in [1.807, 2.05) is 6.08 Å². The number of carboxylic acid groups (broad SMARTS) is 1. The third-order valence-corrected chi connectivity index (χ3v) is 7.05. The van der Waals surface area contributed by atoms with Crippen molar-refractivity contribution in [3.05, 3.63) is 60.2 Å². The van der Waals surface area contributed by atoms with E-state index in [4.69, 9.17) is 9.84 Å². The summed E-state index contributed by atoms with van der Waals surface area (Å²) in [6.45, 7) is 2.93. The molecule has 1 aromatic rings. The molecule has 1 aliphatic heterocycles. The van der Waals surface area contributed by atoms with Crippen molar-refractivity contribution < 1.29 is 19.7 Å². The van der Waals surface area contributed by atoms with E-state index in [2.05, 4.69) is 55.5 Å². The van der Waals surface area contributed by atoms with Gasteiger partial charge < -0.3 is 14.9 Å². The summed E-state index contributed by atoms with van der Waals surface area (Å²) in [5, 5.41) is 19.2. The summed E-state index contributed by atoms with van der Waals surface area (Å²) in [6.07, 6.45) is 16.3. The Kier molecular flexibility index (Phi) is 8.91. The van der Waals surface area contributed by atoms with Gasteiger partial charge in [0.05, 0.1) is 18.8 Å². The van der Waals surface area contributed by atoms with Crippen molar-refractivity contribution >= 4 is 5.97 Å². The summed E-state index contributed by atoms with van der Waals surface area (Å²) in [5.41, 5.74) is 1.36. The van der Waals surface area contributed by atoms with E-state index < -0.39 is 5.97 Å². The van der Waals surface area contributed by atoms with Crippen LogP contribution in [0.4, 0.5) is 0 Å². The highest BCUT2D eigenvalue weighted by Gasteiger charge is 2.58. The molecule has 0 radical (unpaired) electrons. The summed E-state index contributed by atoms with van der Waals surface area (Å²) in [6, 6.07) is 10.7. The Hall–Kier alpha value is -1.91. The first kappa shape index (κ1) is 23.7. The van der Waals surface area contributed by atoms with Crippen LogP contribution in [0.2, 0.25) is 0 Å². The maximum absolute atomic E-state index is 10.7. The molecular weight excluding hydrogens is 388 g/mol. The van der Waals surface area contributed by atoms with Gasteiger partial charge in [0.2, 0.25) is 0 Å². The van der Waals surface area contributed by atoms with E-state index in [0.29, 0.717) is 18.3 Å². The predicted molar refractivity (Wildman–Crippen MR) is 124 cm³/mol. The number of rotatable bonds is 13. The lowest BCUT2D eigenvalue weighted by Crippen LogP contribution is -2.39. The number of unbranched alkanes of at least 4 members (excludes halogenated alkanes) is 3. The summed E-state index contributed by atoms with van der Waals surface area (Å²) in [7, 11) is 0. The van der Waals surface area contributed by atoms with Gasteiger partial charge in [-0.2, -0.15) is 0 Å². The molecular formula is C27H38O4. The first-order valence-electron chi connectivity index (χ1n) is 12.0. The van der Waals surface area contributed by atoms with Crippen LogP contribution in [0.5, 0.6) is 0 Å². The van der Waals surface area contributed by atoms with Crippen molar-refractivity contribution in [3.8, 4) is 0 Å². The number of hydrogen-bond acceptors (Lipinski definition) is 3. The Labute approximate surface area is 187 Å². The Morgan fingerprint density at radius 3 is 2.77 bits per heavy atom. The number of aliphatic hydroxyl groups is 1. The van der Waals surface area contributed by atoms with Crippen molar-refractivity contribution in [1.82, 2.24) is 0 Å². The molecule has 1 saturated heterocycles. The molecule has 2 bridgehead atoms. The molecule has 3 rings (SSSR count). The zero-order valence-corrected chi connectivity index (χ0v) is 18.8. The minimum atomic E-state index is -0.732. The number of aliphatic hydroxyl groups excluding tert-OH is 1. The topological polar surface area (TPSA) is 66.8 Å². The van der Waals surface area contributed by atoms with E-state index in [1.54, 1.807) is 0 Å². The van der Waals surface area contributed by atoms with Crippen molar-refractivity contribution in [2.75, 3.05) is 6.61 Å². The number of benzene rings is 1. The van der Waals surface area contributed by atoms with Crippen LogP contribution < -0.4 is 0 Å². The Bertz CT molecular complexity index is 741. The monoisotopic (exact) mass is 426 g/mol. The minimum absolute atomic E-state index is 0.0134. The van der Waals surface area contributed by atoms with Gasteiger partial charge in [0, 0.05) is 17.8 Å². The highest BCUT2D eigenvalue weighted by molar-refractivity contribution is 5.66. The minimum Gasteiger partial charge on any atom is -0.481 e. The SMILES string of the molecule is CCCCC[C@@H](O)C=C[C@@H]1[C@@H]2C[C@@](c3ccccc3)(CO2)[C@H]1CC=CCCCC(=O)O. The molecule has 0 aromatic heterocycles. The smallest absolute Gasteiger partial charge is 0.303 e. The number of carbonyl (C=O) groups is 1. The van der Waals surface area contributed by atoms with E-state index in [1.165, 1.54) is 5.56 Å². The highest BCUT2D eigenvalue weighted by Crippen LogP contribution is 2.57. The first-order chi connectivity index (χ1) is 15.1. The Morgan fingerprint density at radius 2 is 2.03 bits per heavy atom. The third kappa shape index (κ3) is 6.08. The largest absolute Gasteiger partial charge is 0.481 e. The Morgan fingerprint density at radius 1 is 1.23 bits per heavy atom. The molecule has 2 fully saturated rings. The maximum Gasteiger partial charge on any atom is 0.303 e. The van der Waals surface area contributed by atoms with Gasteiger partial charge in [0.25, 0.3) is 0 Å². The molecule has 5 atom stereocenters. The second kappa shape index (κ2) is 11.6. The molecule has 2 N–H and O–H groups in total. The number of ether oxygens (including phenoxy) is 1. The van der Waals surface area contributed by atoms with E-state index in [9.17, 15) is 9.90 Å². The van der Waals surface area contributed by atoms with Gasteiger partial charge in [0.15, 0.2) is 0 Å². The van der Waals surface area contributed by atoms with Crippen molar-refractivity contribution in [3.63, 3.8) is 0 Å². The molecule has 170 valence electrons. The average molecular weight is 427 g/mol. The fourth-order valence-electron chi connectivity index (χ4n) is 5.38. The van der Waals surface area contributed by atoms with Crippen LogP contribution in [0.3, 0.4) is 0 Å². The molecule has 31 heavy (non-hydrogen) atoms. The molecule has 1 saturated carbocycles. The molecule has 0 amide bonds. The molecule has 4 heteroatoms. The lowest BCUT2D eigenvalue weighted by molar-refractivity contribution is -0.137. The fourth-order valence-corrected chi connectivity index (χ4v) is 5.38. The van der Waals surface area contributed by atoms with Crippen molar-refractivity contribution in [1.29, 1.82) is 0 Å². The predicted octanol–water partition coefficient (Wildman–Crippen LogP) is 5.66. The van der Waals surface area contributed by atoms with Gasteiger partial charge in [-0.05, 0) is 43.6 Å². The first-order valence-corrected chi connectivity index (χ1v) is 12.0. The quantitative estimate of drug-likeness (QED) is 0.316. The molecule has 4 nitrogen and oxygen atoms in total. The standard InChI is InChI=1S/C27H38O4/c1-2-3-7-14-22(28)17-18-23-24(15-10-4-5-11-16-26(29)30)27(19-25(23)31-20-27)21-12-8-6-9-13-21/h4,6,8-10,12-13,17-18,22-25,28H,2-3,5,7,11,14-16,19-20H2,1H3,(H,29,30)/t22-,23+,24+,25+,27+/m1/s1. The number of fused-ring (bicyclic) bond motifs is 2. The summed E-state index contributed by atoms with van der Waals surface area (Å²) in [4.78, 5) is 10.7. The lowest BCUT2D eigenvalue weighted by atomic mass is 9.69.